The maximum Gasteiger partial charge on any atom is 0.187 e. The van der Waals surface area contributed by atoms with E-state index in [1.165, 1.54) is 0 Å². The van der Waals surface area contributed by atoms with Crippen LogP contribution in [0, 0.1) is 0 Å². The quantitative estimate of drug-likeness (QED) is 0.248. The van der Waals surface area contributed by atoms with Crippen LogP contribution in [0.25, 0.3) is 11.6 Å². The van der Waals surface area contributed by atoms with Gasteiger partial charge in [0.1, 0.15) is 18.1 Å². The Labute approximate surface area is 193 Å². The molecule has 1 saturated heterocycles. The van der Waals surface area contributed by atoms with Crippen LogP contribution in [0.1, 0.15) is 23.1 Å². The van der Waals surface area contributed by atoms with Crippen molar-refractivity contribution in [2.24, 2.45) is 5.16 Å². The predicted molar refractivity (Wildman–Crippen MR) is 130 cm³/mol. The molecule has 5 heteroatoms. The van der Waals surface area contributed by atoms with Crippen molar-refractivity contribution in [3.63, 3.8) is 0 Å². The van der Waals surface area contributed by atoms with Gasteiger partial charge in [-0.15, -0.1) is 6.58 Å². The van der Waals surface area contributed by atoms with E-state index >= 15 is 0 Å². The number of oxime groups is 1. The molecule has 0 spiro atoms. The van der Waals surface area contributed by atoms with Gasteiger partial charge in [0, 0.05) is 5.57 Å². The number of hydrogen-bond donors (Lipinski definition) is 1. The molecule has 0 aliphatic carbocycles. The molecule has 166 valence electrons. The minimum absolute atomic E-state index is 0.409. The molecule has 5 nitrogen and oxygen atoms in total. The molecule has 0 saturated carbocycles. The Morgan fingerprint density at radius 2 is 1.67 bits per heavy atom. The van der Waals surface area contributed by atoms with Gasteiger partial charge in [-0.3, -0.25) is 0 Å². The van der Waals surface area contributed by atoms with Crippen LogP contribution in [-0.2, 0) is 11.3 Å². The number of allylic oxidation sites excluding steroid dienone is 2. The van der Waals surface area contributed by atoms with E-state index in [4.69, 9.17) is 14.2 Å². The third-order valence-electron chi connectivity index (χ3n) is 5.25. The Hall–Kier alpha value is -4.25. The van der Waals surface area contributed by atoms with Crippen LogP contribution in [-0.4, -0.2) is 18.0 Å². The highest BCUT2D eigenvalue weighted by Gasteiger charge is 2.32. The van der Waals surface area contributed by atoms with Crippen molar-refractivity contribution < 1.29 is 19.4 Å². The zero-order valence-electron chi connectivity index (χ0n) is 18.4. The Bertz CT molecular complexity index is 1190. The van der Waals surface area contributed by atoms with E-state index in [1.54, 1.807) is 13.2 Å². The largest absolute Gasteiger partial charge is 0.497 e. The first kappa shape index (κ1) is 22.0. The molecule has 0 unspecified atom stereocenters. The summed E-state index contributed by atoms with van der Waals surface area (Å²) >= 11 is 0. The number of hydrogen-bond acceptors (Lipinski definition) is 5. The van der Waals surface area contributed by atoms with Crippen molar-refractivity contribution in [2.45, 2.75) is 13.0 Å². The van der Waals surface area contributed by atoms with Gasteiger partial charge >= 0.3 is 0 Å². The van der Waals surface area contributed by atoms with Crippen molar-refractivity contribution in [1.29, 1.82) is 0 Å². The monoisotopic (exact) mass is 439 g/mol. The summed E-state index contributed by atoms with van der Waals surface area (Å²) < 4.78 is 17.0. The van der Waals surface area contributed by atoms with Crippen LogP contribution in [0.15, 0.2) is 108 Å². The molecule has 0 aromatic heterocycles. The summed E-state index contributed by atoms with van der Waals surface area (Å²) in [6, 6.07) is 25.3. The summed E-state index contributed by atoms with van der Waals surface area (Å²) in [6.45, 7) is 4.36. The van der Waals surface area contributed by atoms with Gasteiger partial charge in [0.2, 0.25) is 0 Å². The SMILES string of the molecule is C=CC/C(=C1/OC(=C\c2ccc(OC)cc2)/C1=N\O)c1ccc(OCc2ccccc2)cc1. The van der Waals surface area contributed by atoms with E-state index in [9.17, 15) is 5.21 Å². The standard InChI is InChI=1S/C28H25NO4/c1-3-7-25(22-12-16-24(17-13-22)32-19-21-8-5-4-6-9-21)28-27(29-30)26(33-28)18-20-10-14-23(31-2)15-11-20/h3-6,8-18,30H,1,7,19H2,2H3/b26-18-,28-25-,29-27+. The van der Waals surface area contributed by atoms with Gasteiger partial charge in [-0.2, -0.15) is 0 Å². The Morgan fingerprint density at radius 1 is 0.970 bits per heavy atom. The van der Waals surface area contributed by atoms with Crippen molar-refractivity contribution >= 4 is 17.4 Å². The van der Waals surface area contributed by atoms with Gasteiger partial charge < -0.3 is 19.4 Å². The number of rotatable bonds is 8. The number of benzene rings is 3. The lowest BCUT2D eigenvalue weighted by atomic mass is 9.95. The van der Waals surface area contributed by atoms with Crippen LogP contribution in [0.5, 0.6) is 11.5 Å². The first-order valence-corrected chi connectivity index (χ1v) is 10.6. The zero-order valence-corrected chi connectivity index (χ0v) is 18.4. The summed E-state index contributed by atoms with van der Waals surface area (Å²) in [5, 5.41) is 13.1. The average molecular weight is 440 g/mol. The lowest BCUT2D eigenvalue weighted by Crippen LogP contribution is -2.24. The molecular formula is C28H25NO4. The van der Waals surface area contributed by atoms with Crippen molar-refractivity contribution in [3.8, 4) is 11.5 Å². The fraction of sp³-hybridized carbons (Fsp3) is 0.107. The molecule has 33 heavy (non-hydrogen) atoms. The summed E-state index contributed by atoms with van der Waals surface area (Å²) in [6.07, 6.45) is 4.18. The maximum absolute atomic E-state index is 9.64. The van der Waals surface area contributed by atoms with Crippen LogP contribution < -0.4 is 9.47 Å². The second kappa shape index (κ2) is 10.4. The van der Waals surface area contributed by atoms with Gasteiger partial charge in [0.05, 0.1) is 7.11 Å². The van der Waals surface area contributed by atoms with E-state index in [1.807, 2.05) is 84.9 Å². The minimum Gasteiger partial charge on any atom is -0.497 e. The lowest BCUT2D eigenvalue weighted by molar-refractivity contribution is 0.276. The third kappa shape index (κ3) is 5.15. The number of nitrogens with zero attached hydrogens (tertiary/aromatic N) is 1. The summed E-state index contributed by atoms with van der Waals surface area (Å²) in [7, 11) is 1.62. The molecule has 1 aliphatic heterocycles. The van der Waals surface area contributed by atoms with Crippen molar-refractivity contribution in [1.82, 2.24) is 0 Å². The molecule has 0 radical (unpaired) electrons. The Morgan fingerprint density at radius 3 is 2.30 bits per heavy atom. The fourth-order valence-corrected chi connectivity index (χ4v) is 3.50. The molecule has 1 heterocycles. The van der Waals surface area contributed by atoms with Crippen LogP contribution in [0.4, 0.5) is 0 Å². The smallest absolute Gasteiger partial charge is 0.187 e. The fourth-order valence-electron chi connectivity index (χ4n) is 3.50. The van der Waals surface area contributed by atoms with Crippen LogP contribution in [0.2, 0.25) is 0 Å². The van der Waals surface area contributed by atoms with Gasteiger partial charge in [0.25, 0.3) is 0 Å². The number of methoxy groups -OCH3 is 1. The van der Waals surface area contributed by atoms with Crippen molar-refractivity contribution in [3.05, 3.63) is 120 Å². The summed E-state index contributed by atoms with van der Waals surface area (Å²) in [5.74, 6) is 2.58. The van der Waals surface area contributed by atoms with Gasteiger partial charge in [0.15, 0.2) is 17.2 Å². The van der Waals surface area contributed by atoms with Crippen molar-refractivity contribution in [2.75, 3.05) is 7.11 Å². The molecule has 3 aromatic rings. The highest BCUT2D eigenvalue weighted by molar-refractivity contribution is 6.20. The molecule has 4 rings (SSSR count). The Balaban J connectivity index is 1.52. The molecule has 3 aromatic carbocycles. The molecule has 1 N–H and O–H groups in total. The maximum atomic E-state index is 9.64. The molecule has 0 bridgehead atoms. The second-order valence-corrected chi connectivity index (χ2v) is 7.43. The van der Waals surface area contributed by atoms with E-state index in [-0.39, 0.29) is 0 Å². The van der Waals surface area contributed by atoms with E-state index in [0.717, 1.165) is 33.8 Å². The van der Waals surface area contributed by atoms with Crippen LogP contribution >= 0.6 is 0 Å². The third-order valence-corrected chi connectivity index (χ3v) is 5.25. The predicted octanol–water partition coefficient (Wildman–Crippen LogP) is 6.46. The van der Waals surface area contributed by atoms with Crippen LogP contribution in [0.3, 0.4) is 0 Å². The summed E-state index contributed by atoms with van der Waals surface area (Å²) in [5.41, 5.74) is 4.27. The normalized spacial score (nSPS) is 16.6. The van der Waals surface area contributed by atoms with E-state index in [0.29, 0.717) is 30.3 Å². The molecular weight excluding hydrogens is 414 g/mol. The second-order valence-electron chi connectivity index (χ2n) is 7.43. The Kier molecular flexibility index (Phi) is 6.90. The highest BCUT2D eigenvalue weighted by Crippen LogP contribution is 2.36. The zero-order chi connectivity index (χ0) is 23.0. The van der Waals surface area contributed by atoms with E-state index in [2.05, 4.69) is 11.7 Å². The first-order chi connectivity index (χ1) is 16.2. The van der Waals surface area contributed by atoms with Gasteiger partial charge in [-0.05, 0) is 53.5 Å². The molecule has 1 aliphatic rings. The topological polar surface area (TPSA) is 60.3 Å². The lowest BCUT2D eigenvalue weighted by Gasteiger charge is -2.27. The molecule has 0 amide bonds. The minimum atomic E-state index is 0.409. The van der Waals surface area contributed by atoms with E-state index < -0.39 is 0 Å². The number of ether oxygens (including phenoxy) is 3. The highest BCUT2D eigenvalue weighted by atomic mass is 16.5. The first-order valence-electron chi connectivity index (χ1n) is 10.6. The van der Waals surface area contributed by atoms with Gasteiger partial charge in [-0.1, -0.05) is 65.8 Å². The molecule has 0 atom stereocenters. The average Bonchev–Trinajstić information content (AvgIpc) is 2.86. The van der Waals surface area contributed by atoms with Gasteiger partial charge in [-0.25, -0.2) is 0 Å². The summed E-state index contributed by atoms with van der Waals surface area (Å²) in [4.78, 5) is 0. The molecule has 1 fully saturated rings.